The van der Waals surface area contributed by atoms with Gasteiger partial charge in [-0.3, -0.25) is 0 Å². The zero-order valence-electron chi connectivity index (χ0n) is 4.87. The fourth-order valence-electron chi connectivity index (χ4n) is 0.601. The predicted octanol–water partition coefficient (Wildman–Crippen LogP) is 0.439. The molecule has 1 rings (SSSR count). The Bertz CT molecular complexity index is 158. The summed E-state index contributed by atoms with van der Waals surface area (Å²) in [6.45, 7) is 0.722. The lowest BCUT2D eigenvalue weighted by molar-refractivity contribution is 0.388. The zero-order valence-corrected chi connectivity index (χ0v) is 4.87. The van der Waals surface area contributed by atoms with Crippen LogP contribution >= 0.6 is 0 Å². The molecule has 0 N–H and O–H groups in total. The molecule has 9 heavy (non-hydrogen) atoms. The summed E-state index contributed by atoms with van der Waals surface area (Å²) in [5.74, 6) is -0.475. The van der Waals surface area contributed by atoms with E-state index in [-0.39, 0.29) is 6.10 Å². The van der Waals surface area contributed by atoms with Crippen molar-refractivity contribution >= 4 is 0 Å². The molecule has 1 heterocycles. The Morgan fingerprint density at radius 2 is 2.11 bits per heavy atom. The number of rotatable bonds is 2. The molecule has 0 aliphatic carbocycles. The Balaban J connectivity index is 2.25. The Morgan fingerprint density at radius 1 is 1.56 bits per heavy atom. The summed E-state index contributed by atoms with van der Waals surface area (Å²) in [7, 11) is 0. The molecule has 0 aromatic heterocycles. The van der Waals surface area contributed by atoms with Gasteiger partial charge in [-0.1, -0.05) is 0 Å². The van der Waals surface area contributed by atoms with Gasteiger partial charge in [0.25, 0.3) is 0 Å². The molecule has 46 valence electrons. The highest BCUT2D eigenvalue weighted by molar-refractivity contribution is 5.01. The maximum absolute atomic E-state index is 8.27. The predicted molar refractivity (Wildman–Crippen MR) is 29.1 cm³/mol. The van der Waals surface area contributed by atoms with Crippen molar-refractivity contribution < 1.29 is 4.74 Å². The maximum atomic E-state index is 8.27. The van der Waals surface area contributed by atoms with Crippen LogP contribution < -0.4 is 0 Å². The first-order valence-electron chi connectivity index (χ1n) is 2.77. The molecule has 1 atom stereocenters. The van der Waals surface area contributed by atoms with Crippen LogP contribution in [0.4, 0.5) is 0 Å². The molecule has 3 heteroatoms. The van der Waals surface area contributed by atoms with Crippen LogP contribution in [0.5, 0.6) is 0 Å². The average Bonchev–Trinajstić information content (AvgIpc) is 2.66. The van der Waals surface area contributed by atoms with Crippen molar-refractivity contribution in [2.45, 2.75) is 12.5 Å². The third kappa shape index (κ3) is 1.71. The molecule has 1 saturated heterocycles. The number of hydrogen-bond donors (Lipinski definition) is 0. The minimum Gasteiger partial charge on any atom is -0.373 e. The van der Waals surface area contributed by atoms with E-state index < -0.39 is 5.92 Å². The minimum absolute atomic E-state index is 0.189. The molecule has 1 aliphatic heterocycles. The summed E-state index contributed by atoms with van der Waals surface area (Å²) < 4.78 is 4.84. The fraction of sp³-hybridized carbons (Fsp3) is 0.667. The van der Waals surface area contributed by atoms with E-state index in [1.807, 2.05) is 12.1 Å². The topological polar surface area (TPSA) is 60.1 Å². The highest BCUT2D eigenvalue weighted by Gasteiger charge is 2.26. The monoisotopic (exact) mass is 122 g/mol. The van der Waals surface area contributed by atoms with Gasteiger partial charge in [-0.2, -0.15) is 10.5 Å². The average molecular weight is 122 g/mol. The molecule has 3 nitrogen and oxygen atoms in total. The summed E-state index contributed by atoms with van der Waals surface area (Å²) in [4.78, 5) is 0. The van der Waals surface area contributed by atoms with E-state index in [4.69, 9.17) is 15.3 Å². The van der Waals surface area contributed by atoms with E-state index in [2.05, 4.69) is 0 Å². The quantitative estimate of drug-likeness (QED) is 0.499. The SMILES string of the molecule is N#CC(C#N)CC1CO1. The highest BCUT2D eigenvalue weighted by atomic mass is 16.6. The fourth-order valence-corrected chi connectivity index (χ4v) is 0.601. The van der Waals surface area contributed by atoms with E-state index in [1.165, 1.54) is 0 Å². The van der Waals surface area contributed by atoms with Gasteiger partial charge in [0.05, 0.1) is 24.8 Å². The van der Waals surface area contributed by atoms with Crippen molar-refractivity contribution in [2.24, 2.45) is 5.92 Å². The standard InChI is InChI=1S/C6H6N2O/c7-2-5(3-8)1-6-4-9-6/h5-6H,1,4H2. The molecule has 0 saturated carbocycles. The Hall–Kier alpha value is -1.06. The Labute approximate surface area is 53.5 Å². The summed E-state index contributed by atoms with van der Waals surface area (Å²) >= 11 is 0. The van der Waals surface area contributed by atoms with Crippen LogP contribution in [0.15, 0.2) is 0 Å². The second-order valence-electron chi connectivity index (χ2n) is 2.00. The van der Waals surface area contributed by atoms with Crippen molar-refractivity contribution in [3.05, 3.63) is 0 Å². The third-order valence-corrected chi connectivity index (χ3v) is 1.21. The van der Waals surface area contributed by atoms with Gasteiger partial charge in [0.2, 0.25) is 0 Å². The van der Waals surface area contributed by atoms with Crippen LogP contribution in [-0.4, -0.2) is 12.7 Å². The third-order valence-electron chi connectivity index (χ3n) is 1.21. The molecule has 1 fully saturated rings. The van der Waals surface area contributed by atoms with E-state index in [0.717, 1.165) is 6.61 Å². The van der Waals surface area contributed by atoms with Crippen molar-refractivity contribution in [3.63, 3.8) is 0 Å². The van der Waals surface area contributed by atoms with Gasteiger partial charge in [0.1, 0.15) is 5.92 Å². The van der Waals surface area contributed by atoms with Crippen molar-refractivity contribution in [3.8, 4) is 12.1 Å². The second kappa shape index (κ2) is 2.48. The van der Waals surface area contributed by atoms with E-state index >= 15 is 0 Å². The maximum Gasteiger partial charge on any atom is 0.135 e. The Kier molecular flexibility index (Phi) is 1.67. The van der Waals surface area contributed by atoms with Crippen LogP contribution in [0.2, 0.25) is 0 Å². The van der Waals surface area contributed by atoms with E-state index in [9.17, 15) is 0 Å². The van der Waals surface area contributed by atoms with Gasteiger partial charge < -0.3 is 4.74 Å². The Morgan fingerprint density at radius 3 is 2.44 bits per heavy atom. The van der Waals surface area contributed by atoms with Crippen LogP contribution in [0.3, 0.4) is 0 Å². The normalized spacial score (nSPS) is 22.8. The summed E-state index contributed by atoms with van der Waals surface area (Å²) in [5, 5.41) is 16.5. The van der Waals surface area contributed by atoms with Crippen molar-refractivity contribution in [1.82, 2.24) is 0 Å². The van der Waals surface area contributed by atoms with Gasteiger partial charge in [-0.15, -0.1) is 0 Å². The van der Waals surface area contributed by atoms with Gasteiger partial charge in [0, 0.05) is 6.42 Å². The molecule has 0 amide bonds. The van der Waals surface area contributed by atoms with Crippen molar-refractivity contribution in [2.75, 3.05) is 6.61 Å². The molecule has 1 aliphatic rings. The number of ether oxygens (including phenoxy) is 1. The first-order valence-corrected chi connectivity index (χ1v) is 2.77. The van der Waals surface area contributed by atoms with Gasteiger partial charge >= 0.3 is 0 Å². The van der Waals surface area contributed by atoms with Crippen LogP contribution in [-0.2, 0) is 4.74 Å². The zero-order chi connectivity index (χ0) is 6.69. The van der Waals surface area contributed by atoms with Gasteiger partial charge in [-0.25, -0.2) is 0 Å². The minimum atomic E-state index is -0.475. The van der Waals surface area contributed by atoms with Crippen LogP contribution in [0.1, 0.15) is 6.42 Å². The molecule has 0 aromatic carbocycles. The molecule has 1 unspecified atom stereocenters. The number of nitrogens with zero attached hydrogens (tertiary/aromatic N) is 2. The summed E-state index contributed by atoms with van der Waals surface area (Å²) in [6.07, 6.45) is 0.766. The smallest absolute Gasteiger partial charge is 0.135 e. The van der Waals surface area contributed by atoms with E-state index in [0.29, 0.717) is 6.42 Å². The number of nitriles is 2. The molecule has 0 spiro atoms. The lowest BCUT2D eigenvalue weighted by Crippen LogP contribution is -1.97. The van der Waals surface area contributed by atoms with Crippen molar-refractivity contribution in [1.29, 1.82) is 10.5 Å². The van der Waals surface area contributed by atoms with E-state index in [1.54, 1.807) is 0 Å². The lowest BCUT2D eigenvalue weighted by atomic mass is 10.1. The van der Waals surface area contributed by atoms with Gasteiger partial charge in [0.15, 0.2) is 0 Å². The second-order valence-corrected chi connectivity index (χ2v) is 2.00. The molecule has 0 aromatic rings. The molecular weight excluding hydrogens is 116 g/mol. The van der Waals surface area contributed by atoms with Crippen LogP contribution in [0.25, 0.3) is 0 Å². The largest absolute Gasteiger partial charge is 0.373 e. The molecule has 0 radical (unpaired) electrons. The summed E-state index contributed by atoms with van der Waals surface area (Å²) in [5.41, 5.74) is 0. The number of hydrogen-bond acceptors (Lipinski definition) is 3. The van der Waals surface area contributed by atoms with Gasteiger partial charge in [-0.05, 0) is 0 Å². The number of epoxide rings is 1. The molecular formula is C6H6N2O. The summed E-state index contributed by atoms with van der Waals surface area (Å²) in [6, 6.07) is 3.76. The molecule has 0 bridgehead atoms. The first-order chi connectivity index (χ1) is 4.36. The first kappa shape index (κ1) is 6.07. The lowest BCUT2D eigenvalue weighted by Gasteiger charge is -1.90. The highest BCUT2D eigenvalue weighted by Crippen LogP contribution is 2.18. The van der Waals surface area contributed by atoms with Crippen LogP contribution in [0, 0.1) is 28.6 Å².